The lowest BCUT2D eigenvalue weighted by Gasteiger charge is -2.07. The van der Waals surface area contributed by atoms with Crippen LogP contribution in [-0.2, 0) is 12.8 Å². The van der Waals surface area contributed by atoms with Crippen molar-refractivity contribution < 1.29 is 10.0 Å². The van der Waals surface area contributed by atoms with Gasteiger partial charge in [-0.2, -0.15) is 0 Å². The smallest absolute Gasteiger partial charge is 0.338 e. The minimum atomic E-state index is -0.851. The zero-order valence-electron chi connectivity index (χ0n) is 10.7. The van der Waals surface area contributed by atoms with E-state index in [4.69, 9.17) is 10.9 Å². The molecular formula is C13H15N3O2S2. The van der Waals surface area contributed by atoms with Gasteiger partial charge in [0, 0.05) is 21.6 Å². The Morgan fingerprint density at radius 2 is 2.20 bits per heavy atom. The van der Waals surface area contributed by atoms with Crippen LogP contribution in [0.5, 0.6) is 0 Å². The predicted octanol–water partition coefficient (Wildman–Crippen LogP) is 2.66. The molecular weight excluding hydrogens is 294 g/mol. The van der Waals surface area contributed by atoms with E-state index in [0.717, 1.165) is 18.5 Å². The largest absolute Gasteiger partial charge is 0.350 e. The van der Waals surface area contributed by atoms with Crippen molar-refractivity contribution in [3.05, 3.63) is 50.6 Å². The molecule has 0 fully saturated rings. The van der Waals surface area contributed by atoms with Crippen molar-refractivity contribution in [1.29, 1.82) is 0 Å². The lowest BCUT2D eigenvalue weighted by atomic mass is 10.3. The Bertz CT molecular complexity index is 578. The number of rotatable bonds is 6. The second kappa shape index (κ2) is 7.18. The van der Waals surface area contributed by atoms with E-state index in [9.17, 15) is 4.79 Å². The molecule has 0 bridgehead atoms. The molecule has 0 aromatic carbocycles. The highest BCUT2D eigenvalue weighted by atomic mass is 32.1. The molecule has 20 heavy (non-hydrogen) atoms. The molecule has 2 aromatic heterocycles. The van der Waals surface area contributed by atoms with Crippen LogP contribution >= 0.6 is 22.7 Å². The van der Waals surface area contributed by atoms with Gasteiger partial charge in [0.25, 0.3) is 0 Å². The molecule has 0 aliphatic carbocycles. The van der Waals surface area contributed by atoms with Crippen LogP contribution in [0.2, 0.25) is 0 Å². The Labute approximate surface area is 124 Å². The highest BCUT2D eigenvalue weighted by molar-refractivity contribution is 7.12. The molecule has 0 unspecified atom stereocenters. The van der Waals surface area contributed by atoms with E-state index < -0.39 is 6.03 Å². The van der Waals surface area contributed by atoms with E-state index in [2.05, 4.69) is 22.5 Å². The maximum Gasteiger partial charge on any atom is 0.338 e. The third kappa shape index (κ3) is 4.44. The van der Waals surface area contributed by atoms with E-state index >= 15 is 0 Å². The van der Waals surface area contributed by atoms with Crippen molar-refractivity contribution in [2.24, 2.45) is 5.73 Å². The molecule has 0 radical (unpaired) electrons. The molecule has 2 rings (SSSR count). The average Bonchev–Trinajstić information content (AvgIpc) is 3.06. The maximum absolute atomic E-state index is 10.6. The summed E-state index contributed by atoms with van der Waals surface area (Å²) in [4.78, 5) is 17.4. The minimum Gasteiger partial charge on any atom is -0.350 e. The Kier molecular flexibility index (Phi) is 5.28. The molecule has 0 spiro atoms. The van der Waals surface area contributed by atoms with Gasteiger partial charge in [0.15, 0.2) is 0 Å². The number of hydrogen-bond acceptors (Lipinski definition) is 5. The summed E-state index contributed by atoms with van der Waals surface area (Å²) in [5, 5.41) is 11.6. The van der Waals surface area contributed by atoms with Crippen LogP contribution in [0.4, 0.5) is 4.79 Å². The molecule has 5 nitrogen and oxygen atoms in total. The number of nitrogens with two attached hydrogens (primary N) is 1. The number of carbonyl (C=O) groups excluding carboxylic acids is 1. The molecule has 106 valence electrons. The van der Waals surface area contributed by atoms with Gasteiger partial charge in [-0.1, -0.05) is 12.2 Å². The number of hydroxylamine groups is 2. The van der Waals surface area contributed by atoms with E-state index in [1.165, 1.54) is 9.75 Å². The minimum absolute atomic E-state index is 0.104. The summed E-state index contributed by atoms with van der Waals surface area (Å²) in [5.41, 5.74) is 7.83. The van der Waals surface area contributed by atoms with E-state index in [1.54, 1.807) is 28.7 Å². The number of primary amides is 1. The molecule has 0 atom stereocenters. The number of thiophene rings is 1. The van der Waals surface area contributed by atoms with Crippen LogP contribution < -0.4 is 5.73 Å². The van der Waals surface area contributed by atoms with Crippen LogP contribution in [0.1, 0.15) is 15.4 Å². The van der Waals surface area contributed by atoms with Gasteiger partial charge in [-0.25, -0.2) is 14.8 Å². The highest BCUT2D eigenvalue weighted by Crippen LogP contribution is 2.20. The number of carbonyl (C=O) groups is 1. The zero-order valence-corrected chi connectivity index (χ0v) is 12.4. The summed E-state index contributed by atoms with van der Waals surface area (Å²) in [7, 11) is 0. The standard InChI is InChI=1S/C13H15N3O2S2/c14-13(17)16(18)6-2-1-3-11-4-5-12(20-11)7-10-8-19-9-15-10/h1-2,4-5,8-9,18H,3,6-7H2,(H2,14,17)/b2-1-. The van der Waals surface area contributed by atoms with Gasteiger partial charge < -0.3 is 5.73 Å². The summed E-state index contributed by atoms with van der Waals surface area (Å²) >= 11 is 3.35. The van der Waals surface area contributed by atoms with Crippen LogP contribution in [0.25, 0.3) is 0 Å². The molecule has 3 N–H and O–H groups in total. The third-order valence-electron chi connectivity index (χ3n) is 2.57. The molecule has 7 heteroatoms. The van der Waals surface area contributed by atoms with Crippen molar-refractivity contribution in [1.82, 2.24) is 10.0 Å². The van der Waals surface area contributed by atoms with Gasteiger partial charge >= 0.3 is 6.03 Å². The molecule has 2 aromatic rings. The Hall–Kier alpha value is -1.70. The molecule has 0 aliphatic rings. The van der Waals surface area contributed by atoms with Gasteiger partial charge in [-0.05, 0) is 18.6 Å². The first-order valence-corrected chi connectivity index (χ1v) is 7.76. The van der Waals surface area contributed by atoms with Gasteiger partial charge in [0.2, 0.25) is 0 Å². The van der Waals surface area contributed by atoms with Gasteiger partial charge in [0.05, 0.1) is 17.7 Å². The average molecular weight is 309 g/mol. The number of nitrogens with zero attached hydrogens (tertiary/aromatic N) is 2. The van der Waals surface area contributed by atoms with Crippen molar-refractivity contribution >= 4 is 28.7 Å². The van der Waals surface area contributed by atoms with Gasteiger partial charge in [-0.15, -0.1) is 22.7 Å². The van der Waals surface area contributed by atoms with E-state index in [1.807, 2.05) is 11.6 Å². The van der Waals surface area contributed by atoms with Crippen molar-refractivity contribution in [2.45, 2.75) is 12.8 Å². The Balaban J connectivity index is 1.81. The fourth-order valence-corrected chi connectivity index (χ4v) is 3.16. The summed E-state index contributed by atoms with van der Waals surface area (Å²) in [6.45, 7) is 0.104. The van der Waals surface area contributed by atoms with E-state index in [-0.39, 0.29) is 6.54 Å². The van der Waals surface area contributed by atoms with Crippen LogP contribution in [0.3, 0.4) is 0 Å². The van der Waals surface area contributed by atoms with Gasteiger partial charge in [0.1, 0.15) is 0 Å². The van der Waals surface area contributed by atoms with Crippen LogP contribution in [0.15, 0.2) is 35.2 Å². The van der Waals surface area contributed by atoms with Crippen LogP contribution in [-0.4, -0.2) is 27.8 Å². The summed E-state index contributed by atoms with van der Waals surface area (Å²) in [6, 6.07) is 3.34. The van der Waals surface area contributed by atoms with Gasteiger partial charge in [-0.3, -0.25) is 5.21 Å². The SMILES string of the molecule is NC(=O)N(O)C/C=C\Cc1ccc(Cc2cscn2)s1. The normalized spacial score (nSPS) is 11.1. The molecule has 2 amide bonds. The predicted molar refractivity (Wildman–Crippen MR) is 80.2 cm³/mol. The fraction of sp³-hybridized carbons (Fsp3) is 0.231. The van der Waals surface area contributed by atoms with Crippen molar-refractivity contribution in [3.8, 4) is 0 Å². The van der Waals surface area contributed by atoms with Crippen molar-refractivity contribution in [3.63, 3.8) is 0 Å². The summed E-state index contributed by atoms with van der Waals surface area (Å²) in [6.07, 6.45) is 5.26. The number of amides is 2. The third-order valence-corrected chi connectivity index (χ3v) is 4.32. The number of hydrogen-bond donors (Lipinski definition) is 2. The number of allylic oxidation sites excluding steroid dienone is 1. The number of urea groups is 1. The van der Waals surface area contributed by atoms with Crippen molar-refractivity contribution in [2.75, 3.05) is 6.54 Å². The first-order chi connectivity index (χ1) is 9.65. The second-order valence-corrected chi connectivity index (χ2v) is 6.09. The zero-order chi connectivity index (χ0) is 14.4. The lowest BCUT2D eigenvalue weighted by molar-refractivity contribution is -0.0288. The first-order valence-electron chi connectivity index (χ1n) is 6.00. The Morgan fingerprint density at radius 1 is 1.40 bits per heavy atom. The fourth-order valence-electron chi connectivity index (χ4n) is 1.59. The molecule has 2 heterocycles. The van der Waals surface area contributed by atoms with Crippen LogP contribution in [0, 0.1) is 0 Å². The number of thiazole rings is 1. The maximum atomic E-state index is 10.6. The van der Waals surface area contributed by atoms with E-state index in [0.29, 0.717) is 5.06 Å². The quantitative estimate of drug-likeness (QED) is 0.489. The molecule has 0 saturated carbocycles. The molecule has 0 aliphatic heterocycles. The summed E-state index contributed by atoms with van der Waals surface area (Å²) < 4.78 is 0. The number of aromatic nitrogens is 1. The Morgan fingerprint density at radius 3 is 2.90 bits per heavy atom. The topological polar surface area (TPSA) is 79.5 Å². The monoisotopic (exact) mass is 309 g/mol. The second-order valence-electron chi connectivity index (χ2n) is 4.12. The lowest BCUT2D eigenvalue weighted by Crippen LogP contribution is -2.32. The summed E-state index contributed by atoms with van der Waals surface area (Å²) in [5.74, 6) is 0. The molecule has 0 saturated heterocycles. The first kappa shape index (κ1) is 14.7. The highest BCUT2D eigenvalue weighted by Gasteiger charge is 2.03.